The second-order valence-electron chi connectivity index (χ2n) is 4.15. The Morgan fingerprint density at radius 1 is 1.47 bits per heavy atom. The lowest BCUT2D eigenvalue weighted by atomic mass is 10.1. The van der Waals surface area contributed by atoms with Crippen molar-refractivity contribution in [1.29, 1.82) is 0 Å². The molecule has 0 aliphatic heterocycles. The minimum Gasteiger partial charge on any atom is -0.392 e. The van der Waals surface area contributed by atoms with Crippen LogP contribution in [-0.2, 0) is 0 Å². The summed E-state index contributed by atoms with van der Waals surface area (Å²) < 4.78 is 0. The highest BCUT2D eigenvalue weighted by atomic mass is 32.1. The van der Waals surface area contributed by atoms with Crippen LogP contribution in [0.3, 0.4) is 0 Å². The first-order chi connectivity index (χ1) is 9.08. The van der Waals surface area contributed by atoms with E-state index in [1.807, 2.05) is 30.3 Å². The molecule has 0 radical (unpaired) electrons. The number of nitrogen functional groups attached to an aromatic ring is 1. The Balaban J connectivity index is 2.29. The molecule has 0 aliphatic carbocycles. The van der Waals surface area contributed by atoms with Gasteiger partial charge in [0.1, 0.15) is 4.88 Å². The van der Waals surface area contributed by atoms with Gasteiger partial charge in [-0.25, -0.2) is 4.98 Å². The van der Waals surface area contributed by atoms with Crippen LogP contribution < -0.4 is 11.1 Å². The number of amides is 1. The second-order valence-corrected chi connectivity index (χ2v) is 5.19. The number of carbonyl (C=O) groups is 1. The molecule has 1 atom stereocenters. The van der Waals surface area contributed by atoms with E-state index in [1.54, 1.807) is 6.92 Å². The number of nitrogens with two attached hydrogens (primary N) is 1. The van der Waals surface area contributed by atoms with Gasteiger partial charge in [-0.15, -0.1) is 0 Å². The van der Waals surface area contributed by atoms with Crippen LogP contribution in [-0.4, -0.2) is 28.6 Å². The van der Waals surface area contributed by atoms with Crippen LogP contribution in [0.5, 0.6) is 0 Å². The van der Waals surface area contributed by atoms with Crippen molar-refractivity contribution in [2.45, 2.75) is 13.0 Å². The number of anilines is 1. The molecule has 19 heavy (non-hydrogen) atoms. The molecule has 1 amide bonds. The maximum atomic E-state index is 12.0. The molecule has 0 fully saturated rings. The molecule has 1 aromatic heterocycles. The quantitative estimate of drug-likeness (QED) is 0.790. The zero-order chi connectivity index (χ0) is 13.8. The molecule has 2 aromatic rings. The van der Waals surface area contributed by atoms with Gasteiger partial charge in [-0.2, -0.15) is 0 Å². The van der Waals surface area contributed by atoms with Gasteiger partial charge < -0.3 is 16.2 Å². The Bertz CT molecular complexity index is 567. The molecule has 0 saturated carbocycles. The van der Waals surface area contributed by atoms with E-state index in [9.17, 15) is 9.90 Å². The highest BCUT2D eigenvalue weighted by Crippen LogP contribution is 2.29. The second kappa shape index (κ2) is 5.81. The smallest absolute Gasteiger partial charge is 0.263 e. The largest absolute Gasteiger partial charge is 0.392 e. The first kappa shape index (κ1) is 13.5. The Labute approximate surface area is 115 Å². The Morgan fingerprint density at radius 2 is 2.16 bits per heavy atom. The van der Waals surface area contributed by atoms with Gasteiger partial charge >= 0.3 is 0 Å². The number of benzene rings is 1. The van der Waals surface area contributed by atoms with E-state index in [2.05, 4.69) is 10.3 Å². The summed E-state index contributed by atoms with van der Waals surface area (Å²) in [6.07, 6.45) is -0.589. The van der Waals surface area contributed by atoms with Crippen molar-refractivity contribution in [3.05, 3.63) is 35.2 Å². The molecular formula is C13H15N3O2S. The van der Waals surface area contributed by atoms with E-state index in [-0.39, 0.29) is 12.5 Å². The molecule has 2 rings (SSSR count). The Kier molecular flexibility index (Phi) is 4.13. The number of aliphatic hydroxyl groups excluding tert-OH is 1. The number of carbonyl (C=O) groups excluding carboxylic acids is 1. The van der Waals surface area contributed by atoms with Gasteiger partial charge in [0.05, 0.1) is 11.8 Å². The van der Waals surface area contributed by atoms with Crippen molar-refractivity contribution < 1.29 is 9.90 Å². The number of rotatable bonds is 4. The molecule has 100 valence electrons. The standard InChI is InChI=1S/C13H15N3O2S/c1-8(17)7-15-12(18)11-10(16-13(14)19-11)9-5-3-2-4-6-9/h2-6,8,17H,7H2,1H3,(H2,14,16)(H,15,18). The average Bonchev–Trinajstić information content (AvgIpc) is 2.79. The predicted octanol–water partition coefficient (Wildman–Crippen LogP) is 1.50. The van der Waals surface area contributed by atoms with Gasteiger partial charge in [0, 0.05) is 12.1 Å². The van der Waals surface area contributed by atoms with Crippen LogP contribution in [0.2, 0.25) is 0 Å². The van der Waals surface area contributed by atoms with E-state index >= 15 is 0 Å². The van der Waals surface area contributed by atoms with Crippen LogP contribution in [0.25, 0.3) is 11.3 Å². The summed E-state index contributed by atoms with van der Waals surface area (Å²) in [6.45, 7) is 1.81. The van der Waals surface area contributed by atoms with Gasteiger partial charge in [0.25, 0.3) is 5.91 Å². The fourth-order valence-corrected chi connectivity index (χ4v) is 2.37. The van der Waals surface area contributed by atoms with Gasteiger partial charge in [-0.1, -0.05) is 41.7 Å². The van der Waals surface area contributed by atoms with Crippen molar-refractivity contribution in [1.82, 2.24) is 10.3 Å². The zero-order valence-corrected chi connectivity index (χ0v) is 11.3. The Morgan fingerprint density at radius 3 is 2.79 bits per heavy atom. The molecule has 0 spiro atoms. The van der Waals surface area contributed by atoms with Crippen LogP contribution >= 0.6 is 11.3 Å². The molecule has 5 nitrogen and oxygen atoms in total. The number of aromatic nitrogens is 1. The molecule has 6 heteroatoms. The number of nitrogens with zero attached hydrogens (tertiary/aromatic N) is 1. The topological polar surface area (TPSA) is 88.2 Å². The van der Waals surface area contributed by atoms with Crippen LogP contribution in [0.4, 0.5) is 5.13 Å². The molecule has 1 heterocycles. The van der Waals surface area contributed by atoms with Crippen molar-refractivity contribution in [3.8, 4) is 11.3 Å². The minimum atomic E-state index is -0.589. The normalized spacial score (nSPS) is 12.1. The SMILES string of the molecule is CC(O)CNC(=O)c1sc(N)nc1-c1ccccc1. The summed E-state index contributed by atoms with van der Waals surface area (Å²) in [5.74, 6) is -0.269. The third-order valence-corrected chi connectivity index (χ3v) is 3.34. The first-order valence-corrected chi connectivity index (χ1v) is 6.67. The molecule has 0 saturated heterocycles. The summed E-state index contributed by atoms with van der Waals surface area (Å²) in [5, 5.41) is 12.2. The molecule has 0 bridgehead atoms. The lowest BCUT2D eigenvalue weighted by Crippen LogP contribution is -2.30. The highest BCUT2D eigenvalue weighted by Gasteiger charge is 2.18. The molecule has 0 aliphatic rings. The average molecular weight is 277 g/mol. The maximum Gasteiger partial charge on any atom is 0.263 e. The third-order valence-electron chi connectivity index (χ3n) is 2.46. The predicted molar refractivity (Wildman–Crippen MR) is 76.0 cm³/mol. The summed E-state index contributed by atoms with van der Waals surface area (Å²) in [7, 11) is 0. The first-order valence-electron chi connectivity index (χ1n) is 5.86. The van der Waals surface area contributed by atoms with Crippen molar-refractivity contribution in [2.75, 3.05) is 12.3 Å². The van der Waals surface area contributed by atoms with Crippen LogP contribution in [0, 0.1) is 0 Å². The monoisotopic (exact) mass is 277 g/mol. The maximum absolute atomic E-state index is 12.0. The van der Waals surface area contributed by atoms with Gasteiger partial charge in [-0.05, 0) is 6.92 Å². The van der Waals surface area contributed by atoms with Crippen molar-refractivity contribution >= 4 is 22.4 Å². The number of hydrogen-bond donors (Lipinski definition) is 3. The molecule has 1 aromatic carbocycles. The zero-order valence-electron chi connectivity index (χ0n) is 10.5. The van der Waals surface area contributed by atoms with E-state index in [1.165, 1.54) is 0 Å². The summed E-state index contributed by atoms with van der Waals surface area (Å²) in [6, 6.07) is 9.40. The van der Waals surface area contributed by atoms with E-state index in [0.29, 0.717) is 15.7 Å². The summed E-state index contributed by atoms with van der Waals surface area (Å²) in [5.41, 5.74) is 7.11. The number of hydrogen-bond acceptors (Lipinski definition) is 5. The number of nitrogens with one attached hydrogen (secondary N) is 1. The fraction of sp³-hybridized carbons (Fsp3) is 0.231. The minimum absolute atomic E-state index is 0.199. The Hall–Kier alpha value is -1.92. The van der Waals surface area contributed by atoms with Gasteiger partial charge in [0.15, 0.2) is 5.13 Å². The number of aliphatic hydroxyl groups is 1. The fourth-order valence-electron chi connectivity index (χ4n) is 1.60. The van der Waals surface area contributed by atoms with Gasteiger partial charge in [-0.3, -0.25) is 4.79 Å². The molecular weight excluding hydrogens is 262 g/mol. The summed E-state index contributed by atoms with van der Waals surface area (Å²) in [4.78, 5) is 16.7. The van der Waals surface area contributed by atoms with E-state index in [0.717, 1.165) is 16.9 Å². The number of thiazole rings is 1. The lowest BCUT2D eigenvalue weighted by molar-refractivity contribution is 0.0928. The third kappa shape index (κ3) is 3.30. The van der Waals surface area contributed by atoms with Crippen molar-refractivity contribution in [3.63, 3.8) is 0 Å². The van der Waals surface area contributed by atoms with Crippen LogP contribution in [0.1, 0.15) is 16.6 Å². The van der Waals surface area contributed by atoms with E-state index in [4.69, 9.17) is 5.73 Å². The van der Waals surface area contributed by atoms with Gasteiger partial charge in [0.2, 0.25) is 0 Å². The summed E-state index contributed by atoms with van der Waals surface area (Å²) >= 11 is 1.14. The highest BCUT2D eigenvalue weighted by molar-refractivity contribution is 7.17. The van der Waals surface area contributed by atoms with E-state index < -0.39 is 6.10 Å². The lowest BCUT2D eigenvalue weighted by Gasteiger charge is -2.06. The molecule has 1 unspecified atom stereocenters. The van der Waals surface area contributed by atoms with Crippen LogP contribution in [0.15, 0.2) is 30.3 Å². The van der Waals surface area contributed by atoms with Crippen molar-refractivity contribution in [2.24, 2.45) is 0 Å². The molecule has 4 N–H and O–H groups in total.